The van der Waals surface area contributed by atoms with Crippen LogP contribution in [0.3, 0.4) is 0 Å². The third-order valence-electron chi connectivity index (χ3n) is 3.82. The predicted molar refractivity (Wildman–Crippen MR) is 93.3 cm³/mol. The van der Waals surface area contributed by atoms with Gasteiger partial charge in [-0.3, -0.25) is 0 Å². The minimum atomic E-state index is -0.682. The van der Waals surface area contributed by atoms with Crippen molar-refractivity contribution in [1.82, 2.24) is 20.4 Å². The highest BCUT2D eigenvalue weighted by molar-refractivity contribution is 5.90. The van der Waals surface area contributed by atoms with Crippen molar-refractivity contribution in [2.45, 2.75) is 13.0 Å². The van der Waals surface area contributed by atoms with E-state index in [1.54, 1.807) is 31.2 Å². The van der Waals surface area contributed by atoms with Gasteiger partial charge in [-0.25, -0.2) is 4.79 Å². The Morgan fingerprint density at radius 2 is 1.67 bits per heavy atom. The zero-order valence-corrected chi connectivity index (χ0v) is 14.3. The molecule has 134 valence electrons. The molecule has 0 bridgehead atoms. The Morgan fingerprint density at radius 3 is 2.37 bits per heavy atom. The molecule has 4 aromatic rings. The predicted octanol–water partition coefficient (Wildman–Crippen LogP) is 3.70. The first-order valence-corrected chi connectivity index (χ1v) is 8.17. The highest BCUT2D eigenvalue weighted by Crippen LogP contribution is 2.23. The molecule has 0 aliphatic rings. The maximum atomic E-state index is 12.3. The molecule has 27 heavy (non-hydrogen) atoms. The summed E-state index contributed by atoms with van der Waals surface area (Å²) in [6.45, 7) is 1.67. The first-order chi connectivity index (χ1) is 13.2. The van der Waals surface area contributed by atoms with E-state index in [1.807, 2.05) is 30.3 Å². The van der Waals surface area contributed by atoms with Gasteiger partial charge in [0.05, 0.1) is 5.56 Å². The first-order valence-electron chi connectivity index (χ1n) is 8.17. The summed E-state index contributed by atoms with van der Waals surface area (Å²) in [4.78, 5) is 12.3. The fraction of sp³-hybridized carbons (Fsp3) is 0.105. The molecule has 0 amide bonds. The summed E-state index contributed by atoms with van der Waals surface area (Å²) >= 11 is 0. The molecule has 0 unspecified atom stereocenters. The van der Waals surface area contributed by atoms with Crippen LogP contribution >= 0.6 is 0 Å². The lowest BCUT2D eigenvalue weighted by molar-refractivity contribution is 0.0280. The largest absolute Gasteiger partial charge is 0.449 e. The Hall–Kier alpha value is -3.81. The van der Waals surface area contributed by atoms with Crippen molar-refractivity contribution in [3.05, 3.63) is 72.4 Å². The molecule has 8 heteroatoms. The monoisotopic (exact) mass is 362 g/mol. The zero-order valence-electron chi connectivity index (χ0n) is 14.3. The molecule has 2 aromatic carbocycles. The lowest BCUT2D eigenvalue weighted by atomic mass is 10.1. The summed E-state index contributed by atoms with van der Waals surface area (Å²) in [5, 5.41) is 15.4. The molecular formula is C19H14N4O4. The summed E-state index contributed by atoms with van der Waals surface area (Å²) in [7, 11) is 0. The van der Waals surface area contributed by atoms with Crippen LogP contribution in [0.5, 0.6) is 0 Å². The fourth-order valence-corrected chi connectivity index (χ4v) is 2.42. The van der Waals surface area contributed by atoms with Crippen molar-refractivity contribution in [1.29, 1.82) is 0 Å². The first kappa shape index (κ1) is 16.6. The molecule has 0 aliphatic carbocycles. The van der Waals surface area contributed by atoms with Crippen LogP contribution in [0.4, 0.5) is 0 Å². The standard InChI is InChI=1S/C19H14N4O4/c1-12(16-22-23-18(27-16)13-5-3-2-4-6-13)26-19(24)15-9-7-14(8-10-15)17-21-20-11-25-17/h2-12H,1H3/t12-/m1/s1. The average molecular weight is 362 g/mol. The van der Waals surface area contributed by atoms with Gasteiger partial charge in [0.15, 0.2) is 6.10 Å². The van der Waals surface area contributed by atoms with Gasteiger partial charge in [-0.15, -0.1) is 20.4 Å². The third-order valence-corrected chi connectivity index (χ3v) is 3.82. The van der Waals surface area contributed by atoms with E-state index in [-0.39, 0.29) is 5.89 Å². The van der Waals surface area contributed by atoms with Gasteiger partial charge in [0.1, 0.15) is 0 Å². The summed E-state index contributed by atoms with van der Waals surface area (Å²) < 4.78 is 16.1. The van der Waals surface area contributed by atoms with Crippen LogP contribution in [0.1, 0.15) is 29.3 Å². The Labute approximate surface area is 153 Å². The second-order valence-electron chi connectivity index (χ2n) is 5.68. The number of carbonyl (C=O) groups is 1. The minimum absolute atomic E-state index is 0.227. The Morgan fingerprint density at radius 1 is 0.926 bits per heavy atom. The number of nitrogens with zero attached hydrogens (tertiary/aromatic N) is 4. The van der Waals surface area contributed by atoms with Crippen molar-refractivity contribution in [2.75, 3.05) is 0 Å². The number of carbonyl (C=O) groups excluding carboxylic acids is 1. The zero-order chi connectivity index (χ0) is 18.6. The Balaban J connectivity index is 1.44. The molecule has 8 nitrogen and oxygen atoms in total. The molecule has 0 N–H and O–H groups in total. The summed E-state index contributed by atoms with van der Waals surface area (Å²) in [5.41, 5.74) is 1.89. The maximum Gasteiger partial charge on any atom is 0.338 e. The Kier molecular flexibility index (Phi) is 4.44. The third kappa shape index (κ3) is 3.59. The Bertz CT molecular complexity index is 1030. The lowest BCUT2D eigenvalue weighted by Gasteiger charge is -2.09. The summed E-state index contributed by atoms with van der Waals surface area (Å²) in [6.07, 6.45) is 0.561. The number of ether oxygens (including phenoxy) is 1. The van der Waals surface area contributed by atoms with Crippen LogP contribution in [-0.4, -0.2) is 26.4 Å². The molecule has 2 heterocycles. The van der Waals surface area contributed by atoms with E-state index in [9.17, 15) is 4.79 Å². The van der Waals surface area contributed by atoms with Gasteiger partial charge < -0.3 is 13.6 Å². The highest BCUT2D eigenvalue weighted by Gasteiger charge is 2.20. The smallest absolute Gasteiger partial charge is 0.338 e. The van der Waals surface area contributed by atoms with Crippen LogP contribution < -0.4 is 0 Å². The van der Waals surface area contributed by atoms with Crippen LogP contribution in [0.15, 0.2) is 69.8 Å². The number of benzene rings is 2. The van der Waals surface area contributed by atoms with Crippen LogP contribution in [-0.2, 0) is 4.74 Å². The highest BCUT2D eigenvalue weighted by atomic mass is 16.6. The molecular weight excluding hydrogens is 348 g/mol. The number of esters is 1. The van der Waals surface area contributed by atoms with Gasteiger partial charge in [0.25, 0.3) is 5.89 Å². The van der Waals surface area contributed by atoms with Crippen molar-refractivity contribution in [3.63, 3.8) is 0 Å². The van der Waals surface area contributed by atoms with Gasteiger partial charge >= 0.3 is 5.97 Å². The van der Waals surface area contributed by atoms with E-state index in [0.717, 1.165) is 5.56 Å². The molecule has 1 atom stereocenters. The van der Waals surface area contributed by atoms with Crippen molar-refractivity contribution in [3.8, 4) is 22.9 Å². The normalized spacial score (nSPS) is 11.9. The molecule has 0 saturated carbocycles. The van der Waals surface area contributed by atoms with E-state index >= 15 is 0 Å². The summed E-state index contributed by atoms with van der Waals surface area (Å²) in [6, 6.07) is 16.0. The number of hydrogen-bond donors (Lipinski definition) is 0. The van der Waals surface area contributed by atoms with Crippen LogP contribution in [0.2, 0.25) is 0 Å². The number of hydrogen-bond acceptors (Lipinski definition) is 8. The molecule has 2 aromatic heterocycles. The fourth-order valence-electron chi connectivity index (χ4n) is 2.42. The van der Waals surface area contributed by atoms with E-state index < -0.39 is 12.1 Å². The van der Waals surface area contributed by atoms with E-state index in [4.69, 9.17) is 13.6 Å². The van der Waals surface area contributed by atoms with Gasteiger partial charge in [-0.05, 0) is 43.3 Å². The van der Waals surface area contributed by atoms with Gasteiger partial charge in [0.2, 0.25) is 18.2 Å². The number of aromatic nitrogens is 4. The molecule has 0 spiro atoms. The van der Waals surface area contributed by atoms with Gasteiger partial charge in [-0.2, -0.15) is 0 Å². The average Bonchev–Trinajstić information content (AvgIpc) is 3.41. The van der Waals surface area contributed by atoms with Crippen molar-refractivity contribution >= 4 is 5.97 Å². The molecule has 4 rings (SSSR count). The van der Waals surface area contributed by atoms with Crippen molar-refractivity contribution in [2.24, 2.45) is 0 Å². The second kappa shape index (κ2) is 7.20. The molecule has 0 aliphatic heterocycles. The maximum absolute atomic E-state index is 12.3. The summed E-state index contributed by atoms with van der Waals surface area (Å²) in [5.74, 6) is 0.476. The molecule has 0 fully saturated rings. The second-order valence-corrected chi connectivity index (χ2v) is 5.68. The topological polar surface area (TPSA) is 104 Å². The molecule has 0 saturated heterocycles. The van der Waals surface area contributed by atoms with Gasteiger partial charge in [0, 0.05) is 11.1 Å². The lowest BCUT2D eigenvalue weighted by Crippen LogP contribution is -2.09. The van der Waals surface area contributed by atoms with Crippen LogP contribution in [0.25, 0.3) is 22.9 Å². The van der Waals surface area contributed by atoms with E-state index in [0.29, 0.717) is 22.9 Å². The van der Waals surface area contributed by atoms with Crippen LogP contribution in [0, 0.1) is 0 Å². The van der Waals surface area contributed by atoms with Gasteiger partial charge in [-0.1, -0.05) is 18.2 Å². The van der Waals surface area contributed by atoms with Crippen molar-refractivity contribution < 1.29 is 18.4 Å². The minimum Gasteiger partial charge on any atom is -0.449 e. The number of rotatable bonds is 5. The van der Waals surface area contributed by atoms with E-state index in [2.05, 4.69) is 20.4 Å². The quantitative estimate of drug-likeness (QED) is 0.495. The van der Waals surface area contributed by atoms with E-state index in [1.165, 1.54) is 6.39 Å². The molecule has 0 radical (unpaired) electrons. The SMILES string of the molecule is C[C@@H](OC(=O)c1ccc(-c2nnco2)cc1)c1nnc(-c2ccccc2)o1.